The molecule has 9 heteroatoms. The number of hydrogen-bond acceptors (Lipinski definition) is 6. The molecular formula is C19H14N4O5. The zero-order valence-corrected chi connectivity index (χ0v) is 14.4. The van der Waals surface area contributed by atoms with E-state index >= 15 is 0 Å². The number of nitrogens with zero attached hydrogens (tertiary/aromatic N) is 2. The van der Waals surface area contributed by atoms with Crippen LogP contribution in [-0.2, 0) is 6.54 Å². The number of hydrogen-bond donors (Lipinski definition) is 2. The Morgan fingerprint density at radius 1 is 1.04 bits per heavy atom. The minimum Gasteiger partial charge on any atom is -0.467 e. The molecule has 0 aliphatic heterocycles. The van der Waals surface area contributed by atoms with E-state index in [-0.39, 0.29) is 29.2 Å². The van der Waals surface area contributed by atoms with E-state index in [1.165, 1.54) is 35.4 Å². The van der Waals surface area contributed by atoms with Gasteiger partial charge < -0.3 is 19.5 Å². The van der Waals surface area contributed by atoms with Crippen LogP contribution in [0.4, 0.5) is 5.69 Å². The summed E-state index contributed by atoms with van der Waals surface area (Å²) in [6.07, 6.45) is 5.55. The van der Waals surface area contributed by atoms with Gasteiger partial charge in [0.2, 0.25) is 0 Å². The van der Waals surface area contributed by atoms with Crippen LogP contribution in [0.25, 0.3) is 5.65 Å². The molecule has 0 aromatic carbocycles. The molecule has 4 rings (SSSR count). The highest BCUT2D eigenvalue weighted by Gasteiger charge is 2.16. The van der Waals surface area contributed by atoms with Crippen molar-refractivity contribution < 1.29 is 18.4 Å². The van der Waals surface area contributed by atoms with Crippen molar-refractivity contribution in [2.75, 3.05) is 5.32 Å². The number of carbonyl (C=O) groups is 2. The van der Waals surface area contributed by atoms with Gasteiger partial charge in [-0.3, -0.25) is 18.8 Å². The summed E-state index contributed by atoms with van der Waals surface area (Å²) in [6, 6.07) is 9.60. The molecule has 2 amide bonds. The van der Waals surface area contributed by atoms with Gasteiger partial charge in [0.1, 0.15) is 11.4 Å². The predicted molar refractivity (Wildman–Crippen MR) is 98.0 cm³/mol. The van der Waals surface area contributed by atoms with Crippen LogP contribution in [-0.4, -0.2) is 21.2 Å². The molecule has 0 spiro atoms. The zero-order chi connectivity index (χ0) is 19.5. The smallest absolute Gasteiger partial charge is 0.291 e. The van der Waals surface area contributed by atoms with Crippen LogP contribution >= 0.6 is 0 Å². The fraction of sp³-hybridized carbons (Fsp3) is 0.0526. The molecule has 0 saturated heterocycles. The molecule has 0 radical (unpaired) electrons. The van der Waals surface area contributed by atoms with Gasteiger partial charge in [0.15, 0.2) is 11.4 Å². The Kier molecular flexibility index (Phi) is 4.47. The van der Waals surface area contributed by atoms with Crippen LogP contribution in [0.3, 0.4) is 0 Å². The van der Waals surface area contributed by atoms with Crippen molar-refractivity contribution in [2.45, 2.75) is 6.54 Å². The highest BCUT2D eigenvalue weighted by Crippen LogP contribution is 2.11. The lowest BCUT2D eigenvalue weighted by atomic mass is 10.2. The second-order valence-electron chi connectivity index (χ2n) is 5.79. The van der Waals surface area contributed by atoms with E-state index in [9.17, 15) is 14.4 Å². The number of nitrogens with one attached hydrogen (secondary N) is 2. The van der Waals surface area contributed by atoms with Crippen molar-refractivity contribution in [2.24, 2.45) is 0 Å². The van der Waals surface area contributed by atoms with Crippen LogP contribution in [0.2, 0.25) is 0 Å². The van der Waals surface area contributed by atoms with Crippen LogP contribution in [0.1, 0.15) is 26.7 Å². The molecule has 0 fully saturated rings. The topological polar surface area (TPSA) is 119 Å². The van der Waals surface area contributed by atoms with Crippen LogP contribution < -0.4 is 16.2 Å². The number of furan rings is 2. The van der Waals surface area contributed by atoms with Crippen molar-refractivity contribution in [3.8, 4) is 0 Å². The zero-order valence-electron chi connectivity index (χ0n) is 14.4. The van der Waals surface area contributed by atoms with E-state index in [0.29, 0.717) is 5.76 Å². The van der Waals surface area contributed by atoms with Gasteiger partial charge in [-0.05, 0) is 36.4 Å². The Morgan fingerprint density at radius 3 is 2.61 bits per heavy atom. The Labute approximate surface area is 157 Å². The van der Waals surface area contributed by atoms with Crippen molar-refractivity contribution in [1.29, 1.82) is 0 Å². The third-order valence-electron chi connectivity index (χ3n) is 3.97. The first-order chi connectivity index (χ1) is 13.6. The first-order valence-corrected chi connectivity index (χ1v) is 8.29. The highest BCUT2D eigenvalue weighted by atomic mass is 16.3. The summed E-state index contributed by atoms with van der Waals surface area (Å²) in [7, 11) is 0. The maximum Gasteiger partial charge on any atom is 0.291 e. The second-order valence-corrected chi connectivity index (χ2v) is 5.79. The Hall–Kier alpha value is -4.14. The summed E-state index contributed by atoms with van der Waals surface area (Å²) in [4.78, 5) is 41.4. The van der Waals surface area contributed by atoms with Gasteiger partial charge in [-0.2, -0.15) is 0 Å². The lowest BCUT2D eigenvalue weighted by molar-refractivity contribution is 0.0947. The standard InChI is InChI=1S/C19H14N4O5/c24-17(21-10-12-4-2-8-27-12)13-5-1-7-23-16(13)20-11-14(19(23)26)22-18(25)15-6-3-9-28-15/h1-9,11H,10H2,(H,21,24)(H,22,25). The molecular weight excluding hydrogens is 364 g/mol. The molecule has 0 bridgehead atoms. The molecule has 9 nitrogen and oxygen atoms in total. The SMILES string of the molecule is O=C(Nc1cnc2c(C(=O)NCc3ccco3)cccn2c1=O)c1ccco1. The third-order valence-corrected chi connectivity index (χ3v) is 3.97. The van der Waals surface area contributed by atoms with Gasteiger partial charge in [-0.25, -0.2) is 4.98 Å². The number of aromatic nitrogens is 2. The molecule has 4 heterocycles. The molecule has 4 aromatic heterocycles. The summed E-state index contributed by atoms with van der Waals surface area (Å²) in [5, 5.41) is 5.16. The normalized spacial score (nSPS) is 10.7. The van der Waals surface area contributed by atoms with Gasteiger partial charge in [0.25, 0.3) is 17.4 Å². The van der Waals surface area contributed by atoms with Gasteiger partial charge >= 0.3 is 0 Å². The molecule has 0 aliphatic rings. The summed E-state index contributed by atoms with van der Waals surface area (Å²) in [6.45, 7) is 0.203. The Morgan fingerprint density at radius 2 is 1.86 bits per heavy atom. The largest absolute Gasteiger partial charge is 0.467 e. The van der Waals surface area contributed by atoms with Crippen molar-refractivity contribution in [3.05, 3.63) is 88.8 Å². The Bertz CT molecular complexity index is 1190. The molecule has 0 aliphatic carbocycles. The fourth-order valence-corrected chi connectivity index (χ4v) is 2.64. The molecule has 2 N–H and O–H groups in total. The van der Waals surface area contributed by atoms with Gasteiger partial charge in [-0.1, -0.05) is 0 Å². The van der Waals surface area contributed by atoms with Crippen molar-refractivity contribution >= 4 is 23.1 Å². The summed E-state index contributed by atoms with van der Waals surface area (Å²) in [5.41, 5.74) is -0.173. The van der Waals surface area contributed by atoms with Gasteiger partial charge in [0, 0.05) is 6.20 Å². The molecule has 0 saturated carbocycles. The maximum absolute atomic E-state index is 12.7. The van der Waals surface area contributed by atoms with E-state index in [2.05, 4.69) is 15.6 Å². The number of carbonyl (C=O) groups excluding carboxylic acids is 2. The minimum absolute atomic E-state index is 0.0351. The highest BCUT2D eigenvalue weighted by molar-refractivity contribution is 6.02. The number of amides is 2. The second kappa shape index (κ2) is 7.23. The average Bonchev–Trinajstić information content (AvgIpc) is 3.42. The van der Waals surface area contributed by atoms with E-state index in [1.807, 2.05) is 0 Å². The molecule has 0 atom stereocenters. The summed E-state index contributed by atoms with van der Waals surface area (Å²) >= 11 is 0. The summed E-state index contributed by atoms with van der Waals surface area (Å²) in [5.74, 6) is -0.317. The molecule has 28 heavy (non-hydrogen) atoms. The predicted octanol–water partition coefficient (Wildman–Crippen LogP) is 2.06. The minimum atomic E-state index is -0.573. The quantitative estimate of drug-likeness (QED) is 0.549. The van der Waals surface area contributed by atoms with E-state index in [4.69, 9.17) is 8.83 Å². The lowest BCUT2D eigenvalue weighted by Crippen LogP contribution is -2.27. The number of pyridine rings is 1. The van der Waals surface area contributed by atoms with E-state index in [1.54, 1.807) is 30.3 Å². The summed E-state index contributed by atoms with van der Waals surface area (Å²) < 4.78 is 11.4. The van der Waals surface area contributed by atoms with Crippen LogP contribution in [0.5, 0.6) is 0 Å². The lowest BCUT2D eigenvalue weighted by Gasteiger charge is -2.09. The fourth-order valence-electron chi connectivity index (χ4n) is 2.64. The van der Waals surface area contributed by atoms with Crippen molar-refractivity contribution in [1.82, 2.24) is 14.7 Å². The van der Waals surface area contributed by atoms with Gasteiger partial charge in [-0.15, -0.1) is 0 Å². The molecule has 4 aromatic rings. The first-order valence-electron chi connectivity index (χ1n) is 8.29. The van der Waals surface area contributed by atoms with Crippen molar-refractivity contribution in [3.63, 3.8) is 0 Å². The number of fused-ring (bicyclic) bond motifs is 1. The molecule has 140 valence electrons. The van der Waals surface area contributed by atoms with Gasteiger partial charge in [0.05, 0.1) is 30.8 Å². The average molecular weight is 378 g/mol. The molecule has 0 unspecified atom stereocenters. The van der Waals surface area contributed by atoms with E-state index < -0.39 is 17.4 Å². The third kappa shape index (κ3) is 3.28. The van der Waals surface area contributed by atoms with Crippen LogP contribution in [0.15, 0.2) is 74.9 Å². The maximum atomic E-state index is 12.7. The number of rotatable bonds is 5. The Balaban J connectivity index is 1.61. The van der Waals surface area contributed by atoms with E-state index in [0.717, 1.165) is 0 Å². The first kappa shape index (κ1) is 17.3. The monoisotopic (exact) mass is 378 g/mol. The number of anilines is 1. The van der Waals surface area contributed by atoms with Crippen LogP contribution in [0, 0.1) is 0 Å².